The minimum atomic E-state index is -4.44. The van der Waals surface area contributed by atoms with Gasteiger partial charge in [0.15, 0.2) is 6.29 Å². The second kappa shape index (κ2) is 4.64. The van der Waals surface area contributed by atoms with Crippen molar-refractivity contribution in [2.45, 2.75) is 6.18 Å². The van der Waals surface area contributed by atoms with Crippen LogP contribution in [0.2, 0.25) is 0 Å². The van der Waals surface area contributed by atoms with Crippen LogP contribution in [0, 0.1) is 0 Å². The molecule has 92 valence electrons. The molecule has 0 radical (unpaired) electrons. The lowest BCUT2D eigenvalue weighted by atomic mass is 9.96. The first-order valence-electron chi connectivity index (χ1n) is 5.25. The zero-order valence-electron chi connectivity index (χ0n) is 9.24. The summed E-state index contributed by atoms with van der Waals surface area (Å²) in [5.41, 5.74) is -0.179. The van der Waals surface area contributed by atoms with Gasteiger partial charge in [-0.05, 0) is 17.2 Å². The molecular formula is C14H9F3O. The quantitative estimate of drug-likeness (QED) is 0.730. The number of halogens is 3. The largest absolute Gasteiger partial charge is 0.417 e. The van der Waals surface area contributed by atoms with Gasteiger partial charge in [0, 0.05) is 5.56 Å². The Morgan fingerprint density at radius 3 is 2.00 bits per heavy atom. The molecule has 2 aromatic carbocycles. The third-order valence-electron chi connectivity index (χ3n) is 2.61. The third-order valence-corrected chi connectivity index (χ3v) is 2.61. The Labute approximate surface area is 102 Å². The number of aldehydes is 1. The van der Waals surface area contributed by atoms with Crippen LogP contribution in [-0.2, 0) is 6.18 Å². The van der Waals surface area contributed by atoms with E-state index in [1.165, 1.54) is 30.3 Å². The maximum absolute atomic E-state index is 12.9. The van der Waals surface area contributed by atoms with E-state index in [4.69, 9.17) is 0 Å². The van der Waals surface area contributed by atoms with Crippen LogP contribution in [-0.4, -0.2) is 6.29 Å². The normalized spacial score (nSPS) is 11.3. The van der Waals surface area contributed by atoms with Gasteiger partial charge in [0.25, 0.3) is 0 Å². The van der Waals surface area contributed by atoms with E-state index in [9.17, 15) is 18.0 Å². The standard InChI is InChI=1S/C14H9F3O/c15-14(16,17)13-8-4-3-7-12(13)11-6-2-1-5-10(11)9-18/h1-9H. The summed E-state index contributed by atoms with van der Waals surface area (Å²) in [5.74, 6) is 0. The van der Waals surface area contributed by atoms with E-state index in [0.29, 0.717) is 11.8 Å². The molecule has 0 unspecified atom stereocenters. The molecule has 1 nitrogen and oxygen atoms in total. The highest BCUT2D eigenvalue weighted by atomic mass is 19.4. The number of rotatable bonds is 2. The minimum Gasteiger partial charge on any atom is -0.298 e. The van der Waals surface area contributed by atoms with Crippen molar-refractivity contribution in [3.8, 4) is 11.1 Å². The fourth-order valence-corrected chi connectivity index (χ4v) is 1.81. The zero-order valence-corrected chi connectivity index (χ0v) is 9.24. The number of benzene rings is 2. The summed E-state index contributed by atoms with van der Waals surface area (Å²) in [4.78, 5) is 10.9. The summed E-state index contributed by atoms with van der Waals surface area (Å²) in [6.07, 6.45) is -3.88. The summed E-state index contributed by atoms with van der Waals surface area (Å²) in [6, 6.07) is 11.5. The molecule has 0 aliphatic carbocycles. The van der Waals surface area contributed by atoms with Crippen LogP contribution < -0.4 is 0 Å². The van der Waals surface area contributed by atoms with Crippen molar-refractivity contribution in [1.82, 2.24) is 0 Å². The van der Waals surface area contributed by atoms with Crippen molar-refractivity contribution in [1.29, 1.82) is 0 Å². The lowest BCUT2D eigenvalue weighted by Gasteiger charge is -2.13. The number of carbonyl (C=O) groups is 1. The monoisotopic (exact) mass is 250 g/mol. The second-order valence-electron chi connectivity index (χ2n) is 3.75. The van der Waals surface area contributed by atoms with E-state index in [1.54, 1.807) is 12.1 Å². The molecule has 0 N–H and O–H groups in total. The molecule has 2 aromatic rings. The fraction of sp³-hybridized carbons (Fsp3) is 0.0714. The van der Waals surface area contributed by atoms with Gasteiger partial charge in [-0.3, -0.25) is 4.79 Å². The Hall–Kier alpha value is -2.10. The van der Waals surface area contributed by atoms with Gasteiger partial charge in [0.1, 0.15) is 0 Å². The van der Waals surface area contributed by atoms with Crippen molar-refractivity contribution in [2.24, 2.45) is 0 Å². The van der Waals surface area contributed by atoms with Crippen LogP contribution in [0.15, 0.2) is 48.5 Å². The molecule has 0 atom stereocenters. The average molecular weight is 250 g/mol. The van der Waals surface area contributed by atoms with E-state index < -0.39 is 11.7 Å². The van der Waals surface area contributed by atoms with Gasteiger partial charge in [-0.25, -0.2) is 0 Å². The lowest BCUT2D eigenvalue weighted by Crippen LogP contribution is -2.07. The van der Waals surface area contributed by atoms with Crippen molar-refractivity contribution in [3.63, 3.8) is 0 Å². The Bertz CT molecular complexity index is 573. The second-order valence-corrected chi connectivity index (χ2v) is 3.75. The van der Waals surface area contributed by atoms with Gasteiger partial charge in [-0.15, -0.1) is 0 Å². The molecule has 0 fully saturated rings. The van der Waals surface area contributed by atoms with E-state index >= 15 is 0 Å². The summed E-state index contributed by atoms with van der Waals surface area (Å²) < 4.78 is 38.6. The Morgan fingerprint density at radius 1 is 0.833 bits per heavy atom. The van der Waals surface area contributed by atoms with E-state index in [-0.39, 0.29) is 11.1 Å². The summed E-state index contributed by atoms with van der Waals surface area (Å²) in [5, 5.41) is 0. The maximum atomic E-state index is 12.9. The Kier molecular flexibility index (Phi) is 3.19. The van der Waals surface area contributed by atoms with Crippen LogP contribution in [0.5, 0.6) is 0 Å². The smallest absolute Gasteiger partial charge is 0.298 e. The van der Waals surface area contributed by atoms with E-state index in [2.05, 4.69) is 0 Å². The lowest BCUT2D eigenvalue weighted by molar-refractivity contribution is -0.137. The third kappa shape index (κ3) is 2.27. The van der Waals surface area contributed by atoms with E-state index in [0.717, 1.165) is 6.07 Å². The number of hydrogen-bond donors (Lipinski definition) is 0. The number of carbonyl (C=O) groups excluding carboxylic acids is 1. The molecule has 0 aliphatic rings. The van der Waals surface area contributed by atoms with Crippen molar-refractivity contribution in [2.75, 3.05) is 0 Å². The van der Waals surface area contributed by atoms with Gasteiger partial charge < -0.3 is 0 Å². The van der Waals surface area contributed by atoms with Crippen LogP contribution in [0.25, 0.3) is 11.1 Å². The summed E-state index contributed by atoms with van der Waals surface area (Å²) >= 11 is 0. The molecule has 2 rings (SSSR count). The Balaban J connectivity index is 2.68. The zero-order chi connectivity index (χ0) is 13.2. The number of alkyl halides is 3. The van der Waals surface area contributed by atoms with Gasteiger partial charge in [-0.2, -0.15) is 13.2 Å². The SMILES string of the molecule is O=Cc1ccccc1-c1ccccc1C(F)(F)F. The van der Waals surface area contributed by atoms with Crippen molar-refractivity contribution < 1.29 is 18.0 Å². The predicted molar refractivity (Wildman–Crippen MR) is 62.3 cm³/mol. The van der Waals surface area contributed by atoms with Crippen molar-refractivity contribution in [3.05, 3.63) is 59.7 Å². The molecule has 0 amide bonds. The van der Waals surface area contributed by atoms with Gasteiger partial charge >= 0.3 is 6.18 Å². The van der Waals surface area contributed by atoms with Gasteiger partial charge in [-0.1, -0.05) is 42.5 Å². The highest BCUT2D eigenvalue weighted by molar-refractivity contribution is 5.88. The highest BCUT2D eigenvalue weighted by Crippen LogP contribution is 2.37. The summed E-state index contributed by atoms with van der Waals surface area (Å²) in [6.45, 7) is 0. The molecule has 0 spiro atoms. The topological polar surface area (TPSA) is 17.1 Å². The average Bonchev–Trinajstić information content (AvgIpc) is 2.37. The fourth-order valence-electron chi connectivity index (χ4n) is 1.81. The molecule has 18 heavy (non-hydrogen) atoms. The molecule has 0 bridgehead atoms. The first kappa shape index (κ1) is 12.4. The predicted octanol–water partition coefficient (Wildman–Crippen LogP) is 4.18. The summed E-state index contributed by atoms with van der Waals surface area (Å²) in [7, 11) is 0. The van der Waals surface area contributed by atoms with Crippen LogP contribution >= 0.6 is 0 Å². The molecular weight excluding hydrogens is 241 g/mol. The minimum absolute atomic E-state index is 0.0210. The van der Waals surface area contributed by atoms with Crippen molar-refractivity contribution >= 4 is 6.29 Å². The van der Waals surface area contributed by atoms with Crippen LogP contribution in [0.1, 0.15) is 15.9 Å². The number of hydrogen-bond acceptors (Lipinski definition) is 1. The van der Waals surface area contributed by atoms with Gasteiger partial charge in [0.2, 0.25) is 0 Å². The van der Waals surface area contributed by atoms with Gasteiger partial charge in [0.05, 0.1) is 5.56 Å². The Morgan fingerprint density at radius 2 is 1.39 bits per heavy atom. The first-order valence-corrected chi connectivity index (χ1v) is 5.25. The molecule has 4 heteroatoms. The maximum Gasteiger partial charge on any atom is 0.417 e. The van der Waals surface area contributed by atoms with Crippen LogP contribution in [0.4, 0.5) is 13.2 Å². The molecule has 0 heterocycles. The molecule has 0 aromatic heterocycles. The van der Waals surface area contributed by atoms with Crippen LogP contribution in [0.3, 0.4) is 0 Å². The molecule has 0 aliphatic heterocycles. The van der Waals surface area contributed by atoms with E-state index in [1.807, 2.05) is 0 Å². The first-order chi connectivity index (χ1) is 8.54. The molecule has 0 saturated heterocycles. The molecule has 0 saturated carbocycles. The highest BCUT2D eigenvalue weighted by Gasteiger charge is 2.33.